The van der Waals surface area contributed by atoms with Crippen LogP contribution in [0.4, 0.5) is 0 Å². The Morgan fingerprint density at radius 2 is 2.10 bits per heavy atom. The fourth-order valence-electron chi connectivity index (χ4n) is 3.01. The van der Waals surface area contributed by atoms with E-state index in [9.17, 15) is 0 Å². The summed E-state index contributed by atoms with van der Waals surface area (Å²) in [5.74, 6) is 1.40. The summed E-state index contributed by atoms with van der Waals surface area (Å²) < 4.78 is 0.979. The van der Waals surface area contributed by atoms with Gasteiger partial charge in [-0.1, -0.05) is 6.42 Å². The lowest BCUT2D eigenvalue weighted by molar-refractivity contribution is 0.404. The first-order valence-electron chi connectivity index (χ1n) is 7.53. The lowest BCUT2D eigenvalue weighted by Crippen LogP contribution is -2.28. The van der Waals surface area contributed by atoms with Crippen molar-refractivity contribution < 1.29 is 0 Å². The van der Waals surface area contributed by atoms with Crippen molar-refractivity contribution in [2.24, 2.45) is 0 Å². The SMILES string of the molecule is Brc1ccc(-c2nc3c(c(C4CCC4)n2)CNCC3)nc1. The summed E-state index contributed by atoms with van der Waals surface area (Å²) in [7, 11) is 0. The van der Waals surface area contributed by atoms with Crippen molar-refractivity contribution in [3.8, 4) is 11.5 Å². The molecule has 4 rings (SSSR count). The standard InChI is InChI=1S/C16H17BrN4/c17-11-4-5-14(19-8-11)16-20-13-6-7-18-9-12(13)15(21-16)10-2-1-3-10/h4-5,8,10,18H,1-3,6-7,9H2. The third-order valence-corrected chi connectivity index (χ3v) is 4.88. The second-order valence-corrected chi connectivity index (χ2v) is 6.69. The van der Waals surface area contributed by atoms with Gasteiger partial charge in [0.05, 0.1) is 11.4 Å². The molecule has 21 heavy (non-hydrogen) atoms. The van der Waals surface area contributed by atoms with E-state index in [1.807, 2.05) is 18.3 Å². The third-order valence-electron chi connectivity index (χ3n) is 4.41. The summed E-state index contributed by atoms with van der Waals surface area (Å²) in [6.07, 6.45) is 6.64. The van der Waals surface area contributed by atoms with Crippen LogP contribution in [0.3, 0.4) is 0 Å². The highest BCUT2D eigenvalue weighted by Crippen LogP contribution is 2.38. The number of halogens is 1. The number of hydrogen-bond donors (Lipinski definition) is 1. The van der Waals surface area contributed by atoms with E-state index in [-0.39, 0.29) is 0 Å². The largest absolute Gasteiger partial charge is 0.312 e. The summed E-state index contributed by atoms with van der Waals surface area (Å²) >= 11 is 3.42. The number of rotatable bonds is 2. The van der Waals surface area contributed by atoms with Crippen molar-refractivity contribution in [1.29, 1.82) is 0 Å². The molecule has 2 aromatic rings. The second kappa shape index (κ2) is 5.46. The molecule has 0 atom stereocenters. The Balaban J connectivity index is 1.82. The summed E-state index contributed by atoms with van der Waals surface area (Å²) in [5.41, 5.74) is 4.68. The molecule has 1 fully saturated rings. The van der Waals surface area contributed by atoms with Crippen molar-refractivity contribution >= 4 is 15.9 Å². The Bertz CT molecular complexity index is 665. The van der Waals surface area contributed by atoms with Gasteiger partial charge in [0.1, 0.15) is 5.69 Å². The van der Waals surface area contributed by atoms with Gasteiger partial charge in [-0.2, -0.15) is 0 Å². The monoisotopic (exact) mass is 344 g/mol. The van der Waals surface area contributed by atoms with E-state index >= 15 is 0 Å². The van der Waals surface area contributed by atoms with E-state index in [0.717, 1.165) is 35.5 Å². The van der Waals surface area contributed by atoms with Crippen LogP contribution in [0.2, 0.25) is 0 Å². The summed E-state index contributed by atoms with van der Waals surface area (Å²) in [6.45, 7) is 1.91. The summed E-state index contributed by atoms with van der Waals surface area (Å²) in [6, 6.07) is 3.98. The van der Waals surface area contributed by atoms with Crippen LogP contribution in [0.1, 0.15) is 42.1 Å². The molecule has 2 aliphatic rings. The normalized spacial score (nSPS) is 18.1. The quantitative estimate of drug-likeness (QED) is 0.908. The Kier molecular flexibility index (Phi) is 3.47. The second-order valence-electron chi connectivity index (χ2n) is 5.77. The van der Waals surface area contributed by atoms with Gasteiger partial charge in [-0.3, -0.25) is 4.98 Å². The van der Waals surface area contributed by atoms with Crippen molar-refractivity contribution in [3.05, 3.63) is 39.8 Å². The highest BCUT2D eigenvalue weighted by molar-refractivity contribution is 9.10. The zero-order valence-electron chi connectivity index (χ0n) is 11.8. The lowest BCUT2D eigenvalue weighted by Gasteiger charge is -2.29. The first kappa shape index (κ1) is 13.3. The van der Waals surface area contributed by atoms with Gasteiger partial charge in [-0.05, 0) is 40.9 Å². The maximum atomic E-state index is 4.88. The molecule has 0 aromatic carbocycles. The van der Waals surface area contributed by atoms with Gasteiger partial charge in [0.25, 0.3) is 0 Å². The van der Waals surface area contributed by atoms with E-state index in [4.69, 9.17) is 9.97 Å². The van der Waals surface area contributed by atoms with Gasteiger partial charge in [-0.25, -0.2) is 9.97 Å². The number of aromatic nitrogens is 3. The molecular formula is C16H17BrN4. The first-order valence-corrected chi connectivity index (χ1v) is 8.33. The van der Waals surface area contributed by atoms with E-state index in [2.05, 4.69) is 26.2 Å². The molecule has 2 aromatic heterocycles. The minimum atomic E-state index is 0.621. The van der Waals surface area contributed by atoms with Crippen LogP contribution in [-0.2, 0) is 13.0 Å². The molecule has 0 unspecified atom stereocenters. The van der Waals surface area contributed by atoms with E-state index in [1.165, 1.54) is 36.2 Å². The van der Waals surface area contributed by atoms with Crippen molar-refractivity contribution in [1.82, 2.24) is 20.3 Å². The Hall–Kier alpha value is -1.33. The molecular weight excluding hydrogens is 328 g/mol. The Morgan fingerprint density at radius 3 is 2.81 bits per heavy atom. The van der Waals surface area contributed by atoms with Crippen LogP contribution in [0.15, 0.2) is 22.8 Å². The number of nitrogens with zero attached hydrogens (tertiary/aromatic N) is 3. The number of fused-ring (bicyclic) bond motifs is 1. The molecule has 0 radical (unpaired) electrons. The van der Waals surface area contributed by atoms with E-state index < -0.39 is 0 Å². The topological polar surface area (TPSA) is 50.7 Å². The minimum Gasteiger partial charge on any atom is -0.312 e. The van der Waals surface area contributed by atoms with Crippen LogP contribution in [-0.4, -0.2) is 21.5 Å². The Labute approximate surface area is 132 Å². The van der Waals surface area contributed by atoms with Gasteiger partial charge in [0.15, 0.2) is 5.82 Å². The van der Waals surface area contributed by atoms with Gasteiger partial charge >= 0.3 is 0 Å². The minimum absolute atomic E-state index is 0.621. The summed E-state index contributed by atoms with van der Waals surface area (Å²) in [4.78, 5) is 14.1. The van der Waals surface area contributed by atoms with Crippen LogP contribution < -0.4 is 5.32 Å². The highest BCUT2D eigenvalue weighted by Gasteiger charge is 2.27. The van der Waals surface area contributed by atoms with E-state index in [1.54, 1.807) is 0 Å². The molecule has 1 aliphatic heterocycles. The van der Waals surface area contributed by atoms with Crippen LogP contribution in [0.5, 0.6) is 0 Å². The molecule has 0 saturated heterocycles. The van der Waals surface area contributed by atoms with E-state index in [0.29, 0.717) is 5.92 Å². The predicted molar refractivity (Wildman–Crippen MR) is 85.0 cm³/mol. The molecule has 1 N–H and O–H groups in total. The van der Waals surface area contributed by atoms with Gasteiger partial charge in [0, 0.05) is 41.7 Å². The van der Waals surface area contributed by atoms with Crippen molar-refractivity contribution in [2.45, 2.75) is 38.1 Å². The van der Waals surface area contributed by atoms with Crippen LogP contribution in [0, 0.1) is 0 Å². The average Bonchev–Trinajstić information content (AvgIpc) is 2.46. The van der Waals surface area contributed by atoms with Crippen molar-refractivity contribution in [3.63, 3.8) is 0 Å². The lowest BCUT2D eigenvalue weighted by atomic mass is 9.80. The highest BCUT2D eigenvalue weighted by atomic mass is 79.9. The zero-order valence-corrected chi connectivity index (χ0v) is 13.4. The molecule has 1 saturated carbocycles. The fraction of sp³-hybridized carbons (Fsp3) is 0.438. The fourth-order valence-corrected chi connectivity index (χ4v) is 3.25. The molecule has 108 valence electrons. The van der Waals surface area contributed by atoms with Gasteiger partial charge in [-0.15, -0.1) is 0 Å². The molecule has 0 bridgehead atoms. The van der Waals surface area contributed by atoms with Gasteiger partial charge < -0.3 is 5.32 Å². The molecule has 1 aliphatic carbocycles. The Morgan fingerprint density at radius 1 is 1.19 bits per heavy atom. The third kappa shape index (κ3) is 2.49. The molecule has 0 spiro atoms. The van der Waals surface area contributed by atoms with Crippen LogP contribution >= 0.6 is 15.9 Å². The molecule has 5 heteroatoms. The molecule has 3 heterocycles. The van der Waals surface area contributed by atoms with Gasteiger partial charge in [0.2, 0.25) is 0 Å². The maximum Gasteiger partial charge on any atom is 0.178 e. The van der Waals surface area contributed by atoms with Crippen LogP contribution in [0.25, 0.3) is 11.5 Å². The zero-order chi connectivity index (χ0) is 14.2. The number of hydrogen-bond acceptors (Lipinski definition) is 4. The maximum absolute atomic E-state index is 4.88. The summed E-state index contributed by atoms with van der Waals surface area (Å²) in [5, 5.41) is 3.45. The predicted octanol–water partition coefficient (Wildman–Crippen LogP) is 3.21. The first-order chi connectivity index (χ1) is 10.3. The number of pyridine rings is 1. The molecule has 0 amide bonds. The average molecular weight is 345 g/mol. The smallest absolute Gasteiger partial charge is 0.178 e. The van der Waals surface area contributed by atoms with Crippen molar-refractivity contribution in [2.75, 3.05) is 6.54 Å². The molecule has 4 nitrogen and oxygen atoms in total. The number of nitrogens with one attached hydrogen (secondary N) is 1.